The first kappa shape index (κ1) is 13.4. The zero-order chi connectivity index (χ0) is 13.7. The van der Waals surface area contributed by atoms with Crippen molar-refractivity contribution in [2.45, 2.75) is 26.4 Å². The van der Waals surface area contributed by atoms with Crippen LogP contribution < -0.4 is 10.1 Å². The molecule has 1 aromatic carbocycles. The second kappa shape index (κ2) is 6.22. The van der Waals surface area contributed by atoms with Crippen LogP contribution >= 0.6 is 0 Å². The van der Waals surface area contributed by atoms with Crippen LogP contribution in [0.3, 0.4) is 0 Å². The van der Waals surface area contributed by atoms with Gasteiger partial charge >= 0.3 is 0 Å². The van der Waals surface area contributed by atoms with Gasteiger partial charge < -0.3 is 10.1 Å². The molecule has 1 aromatic heterocycles. The van der Waals surface area contributed by atoms with Crippen LogP contribution in [0.4, 0.5) is 10.1 Å². The topological polar surface area (TPSA) is 39.1 Å². The highest BCUT2D eigenvalue weighted by Crippen LogP contribution is 2.21. The van der Waals surface area contributed by atoms with E-state index in [0.29, 0.717) is 6.54 Å². The number of benzene rings is 1. The predicted octanol–water partition coefficient (Wildman–Crippen LogP) is 3.05. The molecule has 2 rings (SSSR count). The first-order valence-corrected chi connectivity index (χ1v) is 6.32. The highest BCUT2D eigenvalue weighted by Gasteiger charge is 2.05. The number of methoxy groups -OCH3 is 1. The summed E-state index contributed by atoms with van der Waals surface area (Å²) in [5, 5.41) is 7.43. The lowest BCUT2D eigenvalue weighted by molar-refractivity contribution is 0.386. The summed E-state index contributed by atoms with van der Waals surface area (Å²) in [6, 6.07) is 6.80. The third kappa shape index (κ3) is 3.24. The molecule has 0 aliphatic carbocycles. The van der Waals surface area contributed by atoms with Crippen LogP contribution in [-0.4, -0.2) is 16.9 Å². The van der Waals surface area contributed by atoms with E-state index in [2.05, 4.69) is 17.3 Å². The Morgan fingerprint density at radius 1 is 1.37 bits per heavy atom. The van der Waals surface area contributed by atoms with Gasteiger partial charge in [0, 0.05) is 24.5 Å². The average Bonchev–Trinajstić information content (AvgIpc) is 2.84. The molecular formula is C14H18FN3O. The molecule has 0 radical (unpaired) electrons. The quantitative estimate of drug-likeness (QED) is 0.870. The van der Waals surface area contributed by atoms with Gasteiger partial charge in [0.15, 0.2) is 11.6 Å². The van der Waals surface area contributed by atoms with Crippen molar-refractivity contribution in [2.24, 2.45) is 0 Å². The van der Waals surface area contributed by atoms with Gasteiger partial charge in [-0.3, -0.25) is 4.68 Å². The number of aryl methyl sites for hydroxylation is 1. The van der Waals surface area contributed by atoms with Crippen molar-refractivity contribution < 1.29 is 9.13 Å². The van der Waals surface area contributed by atoms with E-state index in [1.54, 1.807) is 18.3 Å². The second-order valence-electron chi connectivity index (χ2n) is 4.25. The van der Waals surface area contributed by atoms with Crippen LogP contribution in [-0.2, 0) is 13.1 Å². The average molecular weight is 263 g/mol. The van der Waals surface area contributed by atoms with Gasteiger partial charge in [-0.25, -0.2) is 4.39 Å². The van der Waals surface area contributed by atoms with E-state index in [1.807, 2.05) is 10.7 Å². The van der Waals surface area contributed by atoms with Crippen molar-refractivity contribution in [3.8, 4) is 5.75 Å². The lowest BCUT2D eigenvalue weighted by Crippen LogP contribution is -2.09. The monoisotopic (exact) mass is 263 g/mol. The first-order valence-electron chi connectivity index (χ1n) is 6.32. The Hall–Kier alpha value is -2.04. The number of nitrogens with one attached hydrogen (secondary N) is 1. The normalized spacial score (nSPS) is 10.5. The molecule has 1 heterocycles. The van der Waals surface area contributed by atoms with Gasteiger partial charge in [-0.2, -0.15) is 5.10 Å². The summed E-state index contributed by atoms with van der Waals surface area (Å²) in [5.41, 5.74) is 1.81. The van der Waals surface area contributed by atoms with Gasteiger partial charge in [-0.1, -0.05) is 6.92 Å². The summed E-state index contributed by atoms with van der Waals surface area (Å²) >= 11 is 0. The van der Waals surface area contributed by atoms with E-state index in [4.69, 9.17) is 4.74 Å². The first-order chi connectivity index (χ1) is 9.24. The number of hydrogen-bond donors (Lipinski definition) is 1. The zero-order valence-electron chi connectivity index (χ0n) is 11.2. The lowest BCUT2D eigenvalue weighted by atomic mass is 10.3. The number of rotatable bonds is 6. The minimum atomic E-state index is -0.366. The lowest BCUT2D eigenvalue weighted by Gasteiger charge is -2.10. The van der Waals surface area contributed by atoms with Crippen molar-refractivity contribution >= 4 is 5.69 Å². The molecule has 0 bridgehead atoms. The van der Waals surface area contributed by atoms with Crippen LogP contribution in [0.2, 0.25) is 0 Å². The molecule has 2 aromatic rings. The van der Waals surface area contributed by atoms with Crippen LogP contribution in [0, 0.1) is 5.82 Å². The molecule has 0 fully saturated rings. The Morgan fingerprint density at radius 2 is 2.21 bits per heavy atom. The van der Waals surface area contributed by atoms with Gasteiger partial charge in [0.05, 0.1) is 19.3 Å². The van der Waals surface area contributed by atoms with Gasteiger partial charge in [0.25, 0.3) is 0 Å². The van der Waals surface area contributed by atoms with Crippen molar-refractivity contribution in [3.05, 3.63) is 42.0 Å². The van der Waals surface area contributed by atoms with Crippen LogP contribution in [0.15, 0.2) is 30.5 Å². The van der Waals surface area contributed by atoms with Crippen LogP contribution in [0.5, 0.6) is 5.75 Å². The molecule has 0 aliphatic rings. The Balaban J connectivity index is 2.02. The number of hydrogen-bond acceptors (Lipinski definition) is 3. The molecule has 1 N–H and O–H groups in total. The van der Waals surface area contributed by atoms with Crippen molar-refractivity contribution in [1.29, 1.82) is 0 Å². The molecule has 0 spiro atoms. The third-order valence-electron chi connectivity index (χ3n) is 2.87. The summed E-state index contributed by atoms with van der Waals surface area (Å²) < 4.78 is 20.4. The van der Waals surface area contributed by atoms with Gasteiger partial charge in [0.1, 0.15) is 0 Å². The number of ether oxygens (including phenoxy) is 1. The summed E-state index contributed by atoms with van der Waals surface area (Å²) in [5.74, 6) is -0.115. The Labute approximate surface area is 112 Å². The molecule has 102 valence electrons. The smallest absolute Gasteiger partial charge is 0.167 e. The third-order valence-corrected chi connectivity index (χ3v) is 2.87. The fourth-order valence-corrected chi connectivity index (χ4v) is 1.89. The summed E-state index contributed by atoms with van der Waals surface area (Å²) in [4.78, 5) is 0. The molecule has 4 nitrogen and oxygen atoms in total. The zero-order valence-corrected chi connectivity index (χ0v) is 11.2. The van der Waals surface area contributed by atoms with E-state index in [9.17, 15) is 4.39 Å². The number of anilines is 1. The Morgan fingerprint density at radius 3 is 2.89 bits per heavy atom. The molecule has 0 saturated heterocycles. The highest BCUT2D eigenvalue weighted by atomic mass is 19.1. The van der Waals surface area contributed by atoms with E-state index in [0.717, 1.165) is 24.3 Å². The maximum absolute atomic E-state index is 13.5. The predicted molar refractivity (Wildman–Crippen MR) is 72.8 cm³/mol. The van der Waals surface area contributed by atoms with E-state index in [-0.39, 0.29) is 11.6 Å². The maximum atomic E-state index is 13.5. The van der Waals surface area contributed by atoms with Crippen LogP contribution in [0.25, 0.3) is 0 Å². The molecule has 0 saturated carbocycles. The summed E-state index contributed by atoms with van der Waals surface area (Å²) in [7, 11) is 1.45. The minimum Gasteiger partial charge on any atom is -0.494 e. The molecular weight excluding hydrogens is 245 g/mol. The summed E-state index contributed by atoms with van der Waals surface area (Å²) in [6.07, 6.45) is 2.81. The van der Waals surface area contributed by atoms with Crippen LogP contribution in [0.1, 0.15) is 19.0 Å². The van der Waals surface area contributed by atoms with Crippen molar-refractivity contribution in [1.82, 2.24) is 9.78 Å². The van der Waals surface area contributed by atoms with E-state index < -0.39 is 0 Å². The molecule has 0 aliphatic heterocycles. The molecule has 19 heavy (non-hydrogen) atoms. The van der Waals surface area contributed by atoms with Gasteiger partial charge in [-0.05, 0) is 24.6 Å². The number of nitrogens with zero attached hydrogens (tertiary/aromatic N) is 2. The largest absolute Gasteiger partial charge is 0.494 e. The summed E-state index contributed by atoms with van der Waals surface area (Å²) in [6.45, 7) is 3.62. The highest BCUT2D eigenvalue weighted by molar-refractivity contribution is 5.47. The van der Waals surface area contributed by atoms with Crippen molar-refractivity contribution in [3.63, 3.8) is 0 Å². The molecule has 0 atom stereocenters. The Bertz CT molecular complexity index is 539. The second-order valence-corrected chi connectivity index (χ2v) is 4.25. The number of aromatic nitrogens is 2. The SMILES string of the molecule is CCCn1nccc1CNc1ccc(OC)c(F)c1. The van der Waals surface area contributed by atoms with E-state index in [1.165, 1.54) is 13.2 Å². The van der Waals surface area contributed by atoms with E-state index >= 15 is 0 Å². The van der Waals surface area contributed by atoms with Gasteiger partial charge in [0.2, 0.25) is 0 Å². The fourth-order valence-electron chi connectivity index (χ4n) is 1.89. The maximum Gasteiger partial charge on any atom is 0.167 e. The number of halogens is 1. The minimum absolute atomic E-state index is 0.251. The molecule has 0 amide bonds. The Kier molecular flexibility index (Phi) is 4.39. The van der Waals surface area contributed by atoms with Gasteiger partial charge in [-0.15, -0.1) is 0 Å². The molecule has 0 unspecified atom stereocenters. The van der Waals surface area contributed by atoms with Crippen molar-refractivity contribution in [2.75, 3.05) is 12.4 Å². The standard InChI is InChI=1S/C14H18FN3O/c1-3-8-18-12(6-7-17-18)10-16-11-4-5-14(19-2)13(15)9-11/h4-7,9,16H,3,8,10H2,1-2H3. The molecule has 5 heteroatoms. The fraction of sp³-hybridized carbons (Fsp3) is 0.357.